The van der Waals surface area contributed by atoms with Crippen LogP contribution in [0.15, 0.2) is 51.7 Å². The first-order valence-corrected chi connectivity index (χ1v) is 10.5. The first-order chi connectivity index (χ1) is 14.8. The monoisotopic (exact) mass is 425 g/mol. The van der Waals surface area contributed by atoms with Gasteiger partial charge in [0.15, 0.2) is 5.58 Å². The number of nitro benzene ring substituents is 1. The minimum atomic E-state index is -0.591. The van der Waals surface area contributed by atoms with Crippen LogP contribution >= 0.6 is 0 Å². The number of carbonyl (C=O) groups is 1. The lowest BCUT2D eigenvalue weighted by Gasteiger charge is -2.23. The third-order valence-corrected chi connectivity index (χ3v) is 5.38. The van der Waals surface area contributed by atoms with Gasteiger partial charge in [0, 0.05) is 19.0 Å². The van der Waals surface area contributed by atoms with Crippen LogP contribution in [0, 0.1) is 16.0 Å². The summed E-state index contributed by atoms with van der Waals surface area (Å²) in [6.45, 7) is 6.52. The average Bonchev–Trinajstić information content (AvgIpc) is 3.06. The van der Waals surface area contributed by atoms with Gasteiger partial charge in [-0.1, -0.05) is 45.0 Å². The van der Waals surface area contributed by atoms with Crippen LogP contribution in [-0.4, -0.2) is 15.4 Å². The number of hydrogen-bond donors (Lipinski definition) is 1. The summed E-state index contributed by atoms with van der Waals surface area (Å²) in [6.07, 6.45) is 1.66. The van der Waals surface area contributed by atoms with Crippen LogP contribution in [0.3, 0.4) is 0 Å². The molecule has 3 aromatic rings. The zero-order chi connectivity index (χ0) is 22.5. The van der Waals surface area contributed by atoms with E-state index in [1.165, 1.54) is 28.3 Å². The van der Waals surface area contributed by atoms with Crippen molar-refractivity contribution in [2.75, 3.05) is 0 Å². The maximum absolute atomic E-state index is 12.6. The van der Waals surface area contributed by atoms with E-state index in [0.717, 1.165) is 12.0 Å². The number of non-ortho nitro benzene ring substituents is 1. The first-order valence-electron chi connectivity index (χ1n) is 10.5. The molecule has 2 aromatic carbocycles. The first kappa shape index (κ1) is 22.3. The summed E-state index contributed by atoms with van der Waals surface area (Å²) >= 11 is 0. The van der Waals surface area contributed by atoms with Gasteiger partial charge in [-0.15, -0.1) is 0 Å². The van der Waals surface area contributed by atoms with Gasteiger partial charge in [-0.2, -0.15) is 0 Å². The lowest BCUT2D eigenvalue weighted by atomic mass is 9.94. The van der Waals surface area contributed by atoms with Crippen molar-refractivity contribution in [1.29, 1.82) is 0 Å². The van der Waals surface area contributed by atoms with Gasteiger partial charge in [0.05, 0.1) is 22.5 Å². The van der Waals surface area contributed by atoms with Gasteiger partial charge in [-0.3, -0.25) is 19.5 Å². The van der Waals surface area contributed by atoms with E-state index < -0.39 is 10.7 Å². The van der Waals surface area contributed by atoms with E-state index in [1.807, 2.05) is 0 Å². The molecule has 8 heteroatoms. The SMILES string of the molecule is CCc1ccc([C@H](NC(=O)CCCn2c(=O)oc3cc([N+](=O)[O-])ccc32)C(C)C)cc1. The number of nitrogens with zero attached hydrogens (tertiary/aromatic N) is 2. The number of nitrogens with one attached hydrogen (secondary N) is 1. The van der Waals surface area contributed by atoms with Crippen molar-refractivity contribution in [3.8, 4) is 0 Å². The molecule has 1 N–H and O–H groups in total. The van der Waals surface area contributed by atoms with Crippen LogP contribution in [0.4, 0.5) is 5.69 Å². The summed E-state index contributed by atoms with van der Waals surface area (Å²) < 4.78 is 6.52. The number of oxazole rings is 1. The third kappa shape index (κ3) is 5.20. The fraction of sp³-hybridized carbons (Fsp3) is 0.391. The van der Waals surface area contributed by atoms with Crippen LogP contribution in [0.1, 0.15) is 50.8 Å². The number of aromatic nitrogens is 1. The molecule has 1 aromatic heterocycles. The van der Waals surface area contributed by atoms with Crippen LogP contribution in [0.2, 0.25) is 0 Å². The van der Waals surface area contributed by atoms with Gasteiger partial charge >= 0.3 is 5.76 Å². The summed E-state index contributed by atoms with van der Waals surface area (Å²) in [4.78, 5) is 35.0. The zero-order valence-corrected chi connectivity index (χ0v) is 18.0. The standard InChI is InChI=1S/C23H27N3O5/c1-4-16-7-9-17(10-8-16)22(15(2)3)24-21(27)6-5-13-25-19-12-11-18(26(29)30)14-20(19)31-23(25)28/h7-12,14-15,22H,4-6,13H2,1-3H3,(H,24,27)/t22-/m1/s1. The quantitative estimate of drug-likeness (QED) is 0.405. The number of amides is 1. The lowest BCUT2D eigenvalue weighted by Crippen LogP contribution is -2.31. The molecule has 8 nitrogen and oxygen atoms in total. The molecule has 0 saturated heterocycles. The number of benzene rings is 2. The summed E-state index contributed by atoms with van der Waals surface area (Å²) in [7, 11) is 0. The molecule has 0 radical (unpaired) electrons. The third-order valence-electron chi connectivity index (χ3n) is 5.38. The molecule has 31 heavy (non-hydrogen) atoms. The number of nitro groups is 1. The summed E-state index contributed by atoms with van der Waals surface area (Å²) in [5, 5.41) is 14.0. The number of aryl methyl sites for hydroxylation is 2. The van der Waals surface area contributed by atoms with Gasteiger partial charge in [0.2, 0.25) is 5.91 Å². The highest BCUT2D eigenvalue weighted by Gasteiger charge is 2.19. The predicted molar refractivity (Wildman–Crippen MR) is 118 cm³/mol. The van der Waals surface area contributed by atoms with Gasteiger partial charge < -0.3 is 9.73 Å². The topological polar surface area (TPSA) is 107 Å². The Labute approximate surface area is 180 Å². The van der Waals surface area contributed by atoms with Gasteiger partial charge in [-0.05, 0) is 36.0 Å². The molecule has 1 amide bonds. The molecule has 3 rings (SSSR count). The Morgan fingerprint density at radius 2 is 1.90 bits per heavy atom. The molecule has 0 aliphatic carbocycles. The highest BCUT2D eigenvalue weighted by atomic mass is 16.6. The second-order valence-corrected chi connectivity index (χ2v) is 7.92. The van der Waals surface area contributed by atoms with E-state index >= 15 is 0 Å². The molecule has 0 spiro atoms. The maximum Gasteiger partial charge on any atom is 0.419 e. The van der Waals surface area contributed by atoms with E-state index in [0.29, 0.717) is 11.9 Å². The van der Waals surface area contributed by atoms with Crippen LogP contribution in [0.25, 0.3) is 11.1 Å². The summed E-state index contributed by atoms with van der Waals surface area (Å²) in [5.41, 5.74) is 2.82. The van der Waals surface area contributed by atoms with E-state index in [9.17, 15) is 19.7 Å². The van der Waals surface area contributed by atoms with Crippen molar-refractivity contribution in [3.63, 3.8) is 0 Å². The van der Waals surface area contributed by atoms with Crippen molar-refractivity contribution in [3.05, 3.63) is 74.3 Å². The fourth-order valence-electron chi connectivity index (χ4n) is 3.62. The summed E-state index contributed by atoms with van der Waals surface area (Å²) in [5.74, 6) is -0.450. The molecule has 0 saturated carbocycles. The Morgan fingerprint density at radius 3 is 2.52 bits per heavy atom. The molecule has 164 valence electrons. The average molecular weight is 425 g/mol. The molecule has 0 bridgehead atoms. The Kier molecular flexibility index (Phi) is 6.89. The number of rotatable bonds is 9. The molecular weight excluding hydrogens is 398 g/mol. The van der Waals surface area contributed by atoms with Crippen molar-refractivity contribution in [2.45, 2.75) is 52.6 Å². The Balaban J connectivity index is 1.63. The Hall–Kier alpha value is -3.42. The smallest absolute Gasteiger partial charge is 0.407 e. The normalized spacial score (nSPS) is 12.3. The van der Waals surface area contributed by atoms with E-state index in [4.69, 9.17) is 4.42 Å². The molecule has 0 aliphatic heterocycles. The van der Waals surface area contributed by atoms with Gasteiger partial charge in [0.1, 0.15) is 0 Å². The zero-order valence-electron chi connectivity index (χ0n) is 18.0. The molecule has 0 aliphatic rings. The molecular formula is C23H27N3O5. The van der Waals surface area contributed by atoms with E-state index in [-0.39, 0.29) is 42.1 Å². The van der Waals surface area contributed by atoms with Crippen molar-refractivity contribution >= 4 is 22.7 Å². The fourth-order valence-corrected chi connectivity index (χ4v) is 3.62. The Morgan fingerprint density at radius 1 is 1.19 bits per heavy atom. The highest BCUT2D eigenvalue weighted by molar-refractivity contribution is 5.77. The molecule has 0 unspecified atom stereocenters. The largest absolute Gasteiger partial charge is 0.419 e. The predicted octanol–water partition coefficient (Wildman–Crippen LogP) is 4.36. The van der Waals surface area contributed by atoms with Crippen LogP contribution in [-0.2, 0) is 17.8 Å². The van der Waals surface area contributed by atoms with Gasteiger partial charge in [0.25, 0.3) is 5.69 Å². The van der Waals surface area contributed by atoms with Crippen molar-refractivity contribution in [1.82, 2.24) is 9.88 Å². The van der Waals surface area contributed by atoms with Gasteiger partial charge in [-0.25, -0.2) is 4.79 Å². The number of hydrogen-bond acceptors (Lipinski definition) is 5. The number of carbonyl (C=O) groups excluding carboxylic acids is 1. The van der Waals surface area contributed by atoms with E-state index in [2.05, 4.69) is 50.4 Å². The minimum Gasteiger partial charge on any atom is -0.407 e. The van der Waals surface area contributed by atoms with E-state index in [1.54, 1.807) is 0 Å². The Bertz CT molecular complexity index is 1130. The van der Waals surface area contributed by atoms with Crippen molar-refractivity contribution < 1.29 is 14.1 Å². The van der Waals surface area contributed by atoms with Crippen LogP contribution < -0.4 is 11.1 Å². The number of fused-ring (bicyclic) bond motifs is 1. The molecule has 1 heterocycles. The highest BCUT2D eigenvalue weighted by Crippen LogP contribution is 2.23. The maximum atomic E-state index is 12.6. The lowest BCUT2D eigenvalue weighted by molar-refractivity contribution is -0.384. The molecule has 0 fully saturated rings. The summed E-state index contributed by atoms with van der Waals surface area (Å²) in [6, 6.07) is 12.2. The molecule has 1 atom stereocenters. The second-order valence-electron chi connectivity index (χ2n) is 7.92. The van der Waals surface area contributed by atoms with Crippen molar-refractivity contribution in [2.24, 2.45) is 5.92 Å². The van der Waals surface area contributed by atoms with Crippen LogP contribution in [0.5, 0.6) is 0 Å². The minimum absolute atomic E-state index is 0.0866. The second kappa shape index (κ2) is 9.59.